The molecule has 4 nitrogen and oxygen atoms in total. The summed E-state index contributed by atoms with van der Waals surface area (Å²) in [5, 5.41) is 20.2. The maximum absolute atomic E-state index is 12.8. The summed E-state index contributed by atoms with van der Waals surface area (Å²) < 4.78 is 0. The Balaban J connectivity index is 1.74. The van der Waals surface area contributed by atoms with Gasteiger partial charge in [-0.25, -0.2) is 0 Å². The van der Waals surface area contributed by atoms with Crippen LogP contribution in [0, 0.1) is 6.92 Å². The Morgan fingerprint density at radius 3 is 2.71 bits per heavy atom. The molecule has 1 fully saturated rings. The number of carbonyl (C=O) groups is 1. The minimum atomic E-state index is -0.574. The topological polar surface area (TPSA) is 60.8 Å². The minimum Gasteiger partial charge on any atom is -0.508 e. The summed E-state index contributed by atoms with van der Waals surface area (Å²) in [4.78, 5) is 14.6. The van der Waals surface area contributed by atoms with E-state index in [1.165, 1.54) is 6.07 Å². The number of benzene rings is 2. The molecule has 0 aliphatic carbocycles. The molecule has 1 aliphatic rings. The number of hydrogen-bond donors (Lipinski definition) is 2. The van der Waals surface area contributed by atoms with Gasteiger partial charge in [-0.2, -0.15) is 0 Å². The average Bonchev–Trinajstić information content (AvgIpc) is 3.02. The van der Waals surface area contributed by atoms with E-state index >= 15 is 0 Å². The van der Waals surface area contributed by atoms with E-state index in [-0.39, 0.29) is 17.7 Å². The molecule has 1 aliphatic heterocycles. The van der Waals surface area contributed by atoms with Crippen molar-refractivity contribution in [2.24, 2.45) is 0 Å². The summed E-state index contributed by atoms with van der Waals surface area (Å²) in [7, 11) is 0. The van der Waals surface area contributed by atoms with E-state index in [1.807, 2.05) is 42.2 Å². The number of likely N-dealkylation sites (tertiary alicyclic amines) is 1. The highest BCUT2D eigenvalue weighted by atomic mass is 16.3. The Hall–Kier alpha value is -2.33. The molecule has 0 bridgehead atoms. The number of aromatic hydroxyl groups is 1. The lowest BCUT2D eigenvalue weighted by Gasteiger charge is -2.27. The smallest absolute Gasteiger partial charge is 0.254 e. The second-order valence-electron chi connectivity index (χ2n) is 6.51. The summed E-state index contributed by atoms with van der Waals surface area (Å²) in [5.74, 6) is 0.0372. The number of amides is 1. The molecule has 2 N–H and O–H groups in total. The quantitative estimate of drug-likeness (QED) is 0.905. The highest BCUT2D eigenvalue weighted by Crippen LogP contribution is 2.29. The van der Waals surface area contributed by atoms with E-state index in [9.17, 15) is 15.0 Å². The standard InChI is InChI=1S/C20H23NO3/c1-14-10-16(12-18(22)11-14)20(24)21-9-5-8-17(21)13-19(23)15-6-3-2-4-7-15/h2-4,6-7,10-12,17,19,22-23H,5,8-9,13H2,1H3. The first-order valence-electron chi connectivity index (χ1n) is 8.39. The van der Waals surface area contributed by atoms with Gasteiger partial charge in [0.15, 0.2) is 0 Å². The lowest BCUT2D eigenvalue weighted by Crippen LogP contribution is -2.36. The minimum absolute atomic E-state index is 0.0235. The number of aliphatic hydroxyl groups excluding tert-OH is 1. The molecule has 0 radical (unpaired) electrons. The van der Waals surface area contributed by atoms with Crippen molar-refractivity contribution in [3.8, 4) is 5.75 Å². The van der Waals surface area contributed by atoms with Crippen LogP contribution in [0.25, 0.3) is 0 Å². The number of aryl methyl sites for hydroxylation is 1. The summed E-state index contributed by atoms with van der Waals surface area (Å²) >= 11 is 0. The molecule has 1 heterocycles. The van der Waals surface area contributed by atoms with Crippen molar-refractivity contribution in [1.29, 1.82) is 0 Å². The largest absolute Gasteiger partial charge is 0.508 e. The lowest BCUT2D eigenvalue weighted by molar-refractivity contribution is 0.0666. The molecular weight excluding hydrogens is 302 g/mol. The van der Waals surface area contributed by atoms with Crippen LogP contribution in [0.1, 0.15) is 46.9 Å². The Morgan fingerprint density at radius 2 is 2.00 bits per heavy atom. The molecule has 126 valence electrons. The van der Waals surface area contributed by atoms with Gasteiger partial charge in [-0.1, -0.05) is 30.3 Å². The van der Waals surface area contributed by atoms with E-state index < -0.39 is 6.10 Å². The van der Waals surface area contributed by atoms with Gasteiger partial charge < -0.3 is 15.1 Å². The van der Waals surface area contributed by atoms with Crippen molar-refractivity contribution in [3.05, 3.63) is 65.2 Å². The molecule has 2 unspecified atom stereocenters. The summed E-state index contributed by atoms with van der Waals surface area (Å²) in [6.07, 6.45) is 1.80. The molecule has 2 aromatic rings. The second-order valence-corrected chi connectivity index (χ2v) is 6.51. The third kappa shape index (κ3) is 3.60. The van der Waals surface area contributed by atoms with Gasteiger partial charge in [0.05, 0.1) is 6.10 Å². The fourth-order valence-electron chi connectivity index (χ4n) is 3.47. The van der Waals surface area contributed by atoms with Gasteiger partial charge in [-0.15, -0.1) is 0 Å². The van der Waals surface area contributed by atoms with Gasteiger partial charge in [0.2, 0.25) is 0 Å². The molecule has 1 saturated heterocycles. The van der Waals surface area contributed by atoms with Crippen molar-refractivity contribution >= 4 is 5.91 Å². The van der Waals surface area contributed by atoms with Crippen LogP contribution >= 0.6 is 0 Å². The first kappa shape index (κ1) is 16.5. The van der Waals surface area contributed by atoms with Gasteiger partial charge in [0.25, 0.3) is 5.91 Å². The Kier molecular flexibility index (Phi) is 4.86. The predicted octanol–water partition coefficient (Wildman–Crippen LogP) is 3.43. The third-order valence-corrected chi connectivity index (χ3v) is 4.63. The normalized spacial score (nSPS) is 18.6. The Bertz CT molecular complexity index is 694. The monoisotopic (exact) mass is 325 g/mol. The van der Waals surface area contributed by atoms with Crippen LogP contribution in [-0.2, 0) is 0 Å². The van der Waals surface area contributed by atoms with Crippen LogP contribution in [0.2, 0.25) is 0 Å². The van der Waals surface area contributed by atoms with Crippen molar-refractivity contribution < 1.29 is 15.0 Å². The lowest BCUT2D eigenvalue weighted by atomic mass is 10.00. The van der Waals surface area contributed by atoms with Crippen LogP contribution < -0.4 is 0 Å². The van der Waals surface area contributed by atoms with Crippen molar-refractivity contribution in [2.45, 2.75) is 38.3 Å². The zero-order chi connectivity index (χ0) is 17.1. The molecule has 4 heteroatoms. The number of nitrogens with zero attached hydrogens (tertiary/aromatic N) is 1. The zero-order valence-corrected chi connectivity index (χ0v) is 13.9. The first-order valence-corrected chi connectivity index (χ1v) is 8.39. The van der Waals surface area contributed by atoms with E-state index in [0.717, 1.165) is 24.0 Å². The number of phenols is 1. The first-order chi connectivity index (χ1) is 11.5. The van der Waals surface area contributed by atoms with Crippen LogP contribution in [0.15, 0.2) is 48.5 Å². The van der Waals surface area contributed by atoms with E-state index in [4.69, 9.17) is 0 Å². The molecular formula is C20H23NO3. The van der Waals surface area contributed by atoms with Crippen molar-refractivity contribution in [2.75, 3.05) is 6.54 Å². The number of rotatable bonds is 4. The second kappa shape index (κ2) is 7.05. The van der Waals surface area contributed by atoms with Crippen LogP contribution in [-0.4, -0.2) is 33.6 Å². The third-order valence-electron chi connectivity index (χ3n) is 4.63. The highest BCUT2D eigenvalue weighted by Gasteiger charge is 2.31. The number of carbonyl (C=O) groups excluding carboxylic acids is 1. The molecule has 0 spiro atoms. The maximum Gasteiger partial charge on any atom is 0.254 e. The zero-order valence-electron chi connectivity index (χ0n) is 13.9. The van der Waals surface area contributed by atoms with Gasteiger partial charge in [0, 0.05) is 18.2 Å². The number of hydrogen-bond acceptors (Lipinski definition) is 3. The van der Waals surface area contributed by atoms with Crippen molar-refractivity contribution in [3.63, 3.8) is 0 Å². The van der Waals surface area contributed by atoms with Gasteiger partial charge in [0.1, 0.15) is 5.75 Å². The van der Waals surface area contributed by atoms with E-state index in [1.54, 1.807) is 12.1 Å². The van der Waals surface area contributed by atoms with E-state index in [2.05, 4.69) is 0 Å². The summed E-state index contributed by atoms with van der Waals surface area (Å²) in [6, 6.07) is 14.5. The van der Waals surface area contributed by atoms with Crippen LogP contribution in [0.5, 0.6) is 5.75 Å². The summed E-state index contributed by atoms with van der Waals surface area (Å²) in [5.41, 5.74) is 2.25. The van der Waals surface area contributed by atoms with Gasteiger partial charge >= 0.3 is 0 Å². The average molecular weight is 325 g/mol. The molecule has 24 heavy (non-hydrogen) atoms. The van der Waals surface area contributed by atoms with Crippen LogP contribution in [0.3, 0.4) is 0 Å². The number of phenolic OH excluding ortho intramolecular Hbond substituents is 1. The molecule has 1 amide bonds. The fourth-order valence-corrected chi connectivity index (χ4v) is 3.47. The molecule has 0 saturated carbocycles. The fraction of sp³-hybridized carbons (Fsp3) is 0.350. The van der Waals surface area contributed by atoms with Gasteiger partial charge in [-0.3, -0.25) is 4.79 Å². The Morgan fingerprint density at radius 1 is 1.25 bits per heavy atom. The molecule has 2 aromatic carbocycles. The SMILES string of the molecule is Cc1cc(O)cc(C(=O)N2CCCC2CC(O)c2ccccc2)c1. The van der Waals surface area contributed by atoms with Crippen molar-refractivity contribution in [1.82, 2.24) is 4.90 Å². The highest BCUT2D eigenvalue weighted by molar-refractivity contribution is 5.95. The Labute approximate surface area is 142 Å². The predicted molar refractivity (Wildman–Crippen MR) is 92.9 cm³/mol. The molecule has 3 rings (SSSR count). The van der Waals surface area contributed by atoms with Gasteiger partial charge in [-0.05, 0) is 55.5 Å². The molecule has 2 atom stereocenters. The molecule has 0 aromatic heterocycles. The summed E-state index contributed by atoms with van der Waals surface area (Å²) in [6.45, 7) is 2.55. The van der Waals surface area contributed by atoms with E-state index in [0.29, 0.717) is 18.5 Å². The van der Waals surface area contributed by atoms with Crippen LogP contribution in [0.4, 0.5) is 0 Å². The number of aliphatic hydroxyl groups is 1. The maximum atomic E-state index is 12.8.